The van der Waals surface area contributed by atoms with E-state index in [4.69, 9.17) is 9.84 Å². The fourth-order valence-corrected chi connectivity index (χ4v) is 1.83. The Morgan fingerprint density at radius 1 is 1.23 bits per heavy atom. The number of methoxy groups -OCH3 is 1. The first-order chi connectivity index (χ1) is 10.2. The molecule has 0 aliphatic rings. The third-order valence-electron chi connectivity index (χ3n) is 2.89. The second kappa shape index (κ2) is 5.63. The molecule has 1 heterocycles. The molecule has 0 unspecified atom stereocenters. The van der Waals surface area contributed by atoms with E-state index in [1.165, 1.54) is 7.11 Å². The Labute approximate surface area is 122 Å². The maximum Gasteiger partial charge on any atom is 0.416 e. The molecule has 8 heteroatoms. The zero-order valence-electron chi connectivity index (χ0n) is 11.1. The van der Waals surface area contributed by atoms with Crippen molar-refractivity contribution in [3.05, 3.63) is 47.5 Å². The SMILES string of the molecule is COc1cc(C(=O)O)ncc1-c1ccc(C(F)(F)F)cc1F. The van der Waals surface area contributed by atoms with Gasteiger partial charge in [0.05, 0.1) is 12.7 Å². The van der Waals surface area contributed by atoms with Crippen molar-refractivity contribution in [2.75, 3.05) is 7.11 Å². The van der Waals surface area contributed by atoms with E-state index in [-0.39, 0.29) is 22.6 Å². The number of carbonyl (C=O) groups is 1. The summed E-state index contributed by atoms with van der Waals surface area (Å²) in [6, 6.07) is 3.09. The minimum atomic E-state index is -4.66. The third-order valence-corrected chi connectivity index (χ3v) is 2.89. The van der Waals surface area contributed by atoms with Crippen molar-refractivity contribution in [1.82, 2.24) is 4.98 Å². The lowest BCUT2D eigenvalue weighted by Gasteiger charge is -2.12. The molecule has 0 aliphatic carbocycles. The number of halogens is 4. The fraction of sp³-hybridized carbons (Fsp3) is 0.143. The van der Waals surface area contributed by atoms with E-state index in [9.17, 15) is 22.4 Å². The Hall–Kier alpha value is -2.64. The normalized spacial score (nSPS) is 11.3. The summed E-state index contributed by atoms with van der Waals surface area (Å²) < 4.78 is 56.5. The van der Waals surface area contributed by atoms with Gasteiger partial charge in [-0.25, -0.2) is 14.2 Å². The summed E-state index contributed by atoms with van der Waals surface area (Å²) in [4.78, 5) is 14.4. The van der Waals surface area contributed by atoms with Crippen molar-refractivity contribution in [3.63, 3.8) is 0 Å². The summed E-state index contributed by atoms with van der Waals surface area (Å²) in [6.45, 7) is 0. The van der Waals surface area contributed by atoms with E-state index in [1.54, 1.807) is 0 Å². The predicted molar refractivity (Wildman–Crippen MR) is 68.1 cm³/mol. The van der Waals surface area contributed by atoms with Gasteiger partial charge in [0, 0.05) is 23.4 Å². The molecule has 1 aromatic carbocycles. The summed E-state index contributed by atoms with van der Waals surface area (Å²) in [5.74, 6) is -2.43. The molecule has 1 aromatic heterocycles. The number of pyridine rings is 1. The van der Waals surface area contributed by atoms with Crippen molar-refractivity contribution in [3.8, 4) is 16.9 Å². The quantitative estimate of drug-likeness (QED) is 0.879. The van der Waals surface area contributed by atoms with Crippen LogP contribution >= 0.6 is 0 Å². The molecule has 116 valence electrons. The van der Waals surface area contributed by atoms with Crippen molar-refractivity contribution < 1.29 is 32.2 Å². The molecular formula is C14H9F4NO3. The molecule has 0 spiro atoms. The second-order valence-corrected chi connectivity index (χ2v) is 4.27. The van der Waals surface area contributed by atoms with Crippen LogP contribution in [0.4, 0.5) is 17.6 Å². The Balaban J connectivity index is 2.55. The van der Waals surface area contributed by atoms with E-state index < -0.39 is 23.5 Å². The number of nitrogens with zero attached hydrogens (tertiary/aromatic N) is 1. The monoisotopic (exact) mass is 315 g/mol. The van der Waals surface area contributed by atoms with Crippen LogP contribution < -0.4 is 4.74 Å². The number of benzene rings is 1. The summed E-state index contributed by atoms with van der Waals surface area (Å²) in [5.41, 5.74) is -1.57. The Morgan fingerprint density at radius 3 is 2.41 bits per heavy atom. The fourth-order valence-electron chi connectivity index (χ4n) is 1.83. The lowest BCUT2D eigenvalue weighted by Crippen LogP contribution is -2.06. The number of alkyl halides is 3. The number of ether oxygens (including phenoxy) is 1. The molecule has 0 radical (unpaired) electrons. The molecule has 4 nitrogen and oxygen atoms in total. The molecule has 2 aromatic rings. The Bertz CT molecular complexity index is 729. The standard InChI is InChI=1S/C14H9F4NO3/c1-22-12-5-11(13(20)21)19-6-9(12)8-3-2-7(4-10(8)15)14(16,17)18/h2-6H,1H3,(H,20,21). The van der Waals surface area contributed by atoms with Gasteiger partial charge in [0.25, 0.3) is 0 Å². The minimum absolute atomic E-state index is 0.00828. The minimum Gasteiger partial charge on any atom is -0.496 e. The first-order valence-electron chi connectivity index (χ1n) is 5.88. The highest BCUT2D eigenvalue weighted by Gasteiger charge is 2.31. The molecular weight excluding hydrogens is 306 g/mol. The van der Waals surface area contributed by atoms with Crippen LogP contribution in [0.3, 0.4) is 0 Å². The molecule has 2 rings (SSSR count). The van der Waals surface area contributed by atoms with E-state index in [1.807, 2.05) is 0 Å². The smallest absolute Gasteiger partial charge is 0.416 e. The molecule has 0 amide bonds. The van der Waals surface area contributed by atoms with Crippen LogP contribution in [0.1, 0.15) is 16.1 Å². The lowest BCUT2D eigenvalue weighted by atomic mass is 10.0. The summed E-state index contributed by atoms with van der Waals surface area (Å²) in [6.07, 6.45) is -3.62. The molecule has 0 saturated carbocycles. The van der Waals surface area contributed by atoms with Crippen molar-refractivity contribution >= 4 is 5.97 Å². The van der Waals surface area contributed by atoms with Gasteiger partial charge in [0.2, 0.25) is 0 Å². The summed E-state index contributed by atoms with van der Waals surface area (Å²) in [7, 11) is 1.23. The van der Waals surface area contributed by atoms with Gasteiger partial charge < -0.3 is 9.84 Å². The number of hydrogen-bond acceptors (Lipinski definition) is 3. The maximum atomic E-state index is 13.9. The number of aromatic carboxylic acids is 1. The van der Waals surface area contributed by atoms with Gasteiger partial charge in [0.15, 0.2) is 5.69 Å². The molecule has 1 N–H and O–H groups in total. The van der Waals surface area contributed by atoms with Crippen LogP contribution in [0.2, 0.25) is 0 Å². The maximum absolute atomic E-state index is 13.9. The zero-order chi connectivity index (χ0) is 16.5. The van der Waals surface area contributed by atoms with E-state index in [0.717, 1.165) is 24.4 Å². The first-order valence-corrected chi connectivity index (χ1v) is 5.88. The van der Waals surface area contributed by atoms with Gasteiger partial charge in [-0.2, -0.15) is 13.2 Å². The van der Waals surface area contributed by atoms with E-state index >= 15 is 0 Å². The van der Waals surface area contributed by atoms with Gasteiger partial charge in [0.1, 0.15) is 11.6 Å². The molecule has 0 fully saturated rings. The summed E-state index contributed by atoms with van der Waals surface area (Å²) in [5, 5.41) is 8.83. The van der Waals surface area contributed by atoms with Gasteiger partial charge in [-0.3, -0.25) is 0 Å². The second-order valence-electron chi connectivity index (χ2n) is 4.27. The average Bonchev–Trinajstić information content (AvgIpc) is 2.45. The number of rotatable bonds is 3. The number of aromatic nitrogens is 1. The number of hydrogen-bond donors (Lipinski definition) is 1. The topological polar surface area (TPSA) is 59.4 Å². The van der Waals surface area contributed by atoms with Crippen LogP contribution in [0.25, 0.3) is 11.1 Å². The van der Waals surface area contributed by atoms with Crippen LogP contribution in [-0.2, 0) is 6.18 Å². The highest BCUT2D eigenvalue weighted by molar-refractivity contribution is 5.87. The highest BCUT2D eigenvalue weighted by Crippen LogP contribution is 2.35. The van der Waals surface area contributed by atoms with Gasteiger partial charge in [-0.1, -0.05) is 6.07 Å². The molecule has 22 heavy (non-hydrogen) atoms. The average molecular weight is 315 g/mol. The van der Waals surface area contributed by atoms with Crippen LogP contribution in [0.15, 0.2) is 30.5 Å². The number of carboxylic acids is 1. The molecule has 0 aliphatic heterocycles. The Morgan fingerprint density at radius 2 is 1.91 bits per heavy atom. The first kappa shape index (κ1) is 15.7. The van der Waals surface area contributed by atoms with E-state index in [0.29, 0.717) is 6.07 Å². The zero-order valence-corrected chi connectivity index (χ0v) is 11.1. The van der Waals surface area contributed by atoms with Crippen LogP contribution in [-0.4, -0.2) is 23.2 Å². The van der Waals surface area contributed by atoms with Crippen molar-refractivity contribution in [1.29, 1.82) is 0 Å². The van der Waals surface area contributed by atoms with Crippen molar-refractivity contribution in [2.24, 2.45) is 0 Å². The number of carboxylic acid groups (broad SMARTS) is 1. The van der Waals surface area contributed by atoms with Gasteiger partial charge >= 0.3 is 12.1 Å². The predicted octanol–water partition coefficient (Wildman–Crippen LogP) is 3.61. The van der Waals surface area contributed by atoms with Gasteiger partial charge in [-0.05, 0) is 12.1 Å². The molecule has 0 atom stereocenters. The van der Waals surface area contributed by atoms with E-state index in [2.05, 4.69) is 4.98 Å². The van der Waals surface area contributed by atoms with Crippen molar-refractivity contribution in [2.45, 2.75) is 6.18 Å². The lowest BCUT2D eigenvalue weighted by molar-refractivity contribution is -0.137. The van der Waals surface area contributed by atoms with Crippen LogP contribution in [0, 0.1) is 5.82 Å². The van der Waals surface area contributed by atoms with Crippen LogP contribution in [0.5, 0.6) is 5.75 Å². The summed E-state index contributed by atoms with van der Waals surface area (Å²) >= 11 is 0. The largest absolute Gasteiger partial charge is 0.496 e. The molecule has 0 saturated heterocycles. The molecule has 0 bridgehead atoms. The third kappa shape index (κ3) is 3.00. The van der Waals surface area contributed by atoms with Gasteiger partial charge in [-0.15, -0.1) is 0 Å². The highest BCUT2D eigenvalue weighted by atomic mass is 19.4. The Kier molecular flexibility index (Phi) is 4.03.